The molecule has 3 aromatic rings. The molecule has 2 heterocycles. The summed E-state index contributed by atoms with van der Waals surface area (Å²) in [5.74, 6) is -2.80. The number of aromatic amines is 1. The van der Waals surface area contributed by atoms with Gasteiger partial charge in [-0.25, -0.2) is 0 Å². The number of hydrogen-bond acceptors (Lipinski definition) is 4. The monoisotopic (exact) mass is 375 g/mol. The summed E-state index contributed by atoms with van der Waals surface area (Å²) in [4.78, 5) is 40.6. The third kappa shape index (κ3) is 3.60. The molecule has 142 valence electrons. The fourth-order valence-electron chi connectivity index (χ4n) is 3.76. The minimum Gasteiger partial charge on any atom is -0.453 e. The average Bonchev–Trinajstić information content (AvgIpc) is 3.23. The van der Waals surface area contributed by atoms with E-state index >= 15 is 0 Å². The summed E-state index contributed by atoms with van der Waals surface area (Å²) in [5, 5.41) is 0.925. The van der Waals surface area contributed by atoms with Gasteiger partial charge in [-0.1, -0.05) is 48.5 Å². The fraction of sp³-hybridized carbons (Fsp3) is 0.261. The van der Waals surface area contributed by atoms with Gasteiger partial charge in [-0.15, -0.1) is 0 Å². The van der Waals surface area contributed by atoms with Crippen LogP contribution in [0.15, 0.2) is 60.8 Å². The lowest BCUT2D eigenvalue weighted by Gasteiger charge is -2.07. The Kier molecular flexibility index (Phi) is 5.06. The molecule has 1 aliphatic heterocycles. The molecular formula is C23H21NO4. The fourth-order valence-corrected chi connectivity index (χ4v) is 3.76. The maximum Gasteiger partial charge on any atom is 0.325 e. The van der Waals surface area contributed by atoms with Gasteiger partial charge < -0.3 is 9.72 Å². The zero-order chi connectivity index (χ0) is 19.5. The minimum atomic E-state index is -1.30. The number of ether oxygens (including phenoxy) is 1. The number of fused-ring (bicyclic) bond motifs is 1. The summed E-state index contributed by atoms with van der Waals surface area (Å²) >= 11 is 0. The third-order valence-corrected chi connectivity index (χ3v) is 5.23. The lowest BCUT2D eigenvalue weighted by Crippen LogP contribution is -2.29. The second-order valence-corrected chi connectivity index (χ2v) is 7.14. The van der Waals surface area contributed by atoms with Crippen LogP contribution in [-0.2, 0) is 32.0 Å². The van der Waals surface area contributed by atoms with Crippen LogP contribution in [0.4, 0.5) is 0 Å². The van der Waals surface area contributed by atoms with E-state index in [1.54, 1.807) is 6.20 Å². The molecule has 4 rings (SSSR count). The quantitative estimate of drug-likeness (QED) is 0.507. The number of esters is 1. The van der Waals surface area contributed by atoms with E-state index in [1.807, 2.05) is 54.6 Å². The number of carbonyl (C=O) groups is 3. The maximum absolute atomic E-state index is 12.7. The van der Waals surface area contributed by atoms with Crippen LogP contribution in [0, 0.1) is 5.92 Å². The van der Waals surface area contributed by atoms with Gasteiger partial charge in [0.2, 0.25) is 0 Å². The maximum atomic E-state index is 12.7. The van der Waals surface area contributed by atoms with Crippen molar-refractivity contribution in [3.8, 4) is 0 Å². The van der Waals surface area contributed by atoms with Gasteiger partial charge in [0, 0.05) is 23.5 Å². The molecule has 0 bridgehead atoms. The molecule has 2 unspecified atom stereocenters. The lowest BCUT2D eigenvalue weighted by atomic mass is 9.92. The molecule has 0 amide bonds. The third-order valence-electron chi connectivity index (χ3n) is 5.23. The highest BCUT2D eigenvalue weighted by molar-refractivity contribution is 6.22. The van der Waals surface area contributed by atoms with Gasteiger partial charge in [0.05, 0.1) is 0 Å². The predicted octanol–water partition coefficient (Wildman–Crippen LogP) is 3.41. The predicted molar refractivity (Wildman–Crippen MR) is 105 cm³/mol. The number of hydrogen-bond donors (Lipinski definition) is 1. The van der Waals surface area contributed by atoms with Crippen molar-refractivity contribution in [2.24, 2.45) is 5.92 Å². The number of ketones is 2. The van der Waals surface area contributed by atoms with E-state index in [0.29, 0.717) is 6.42 Å². The van der Waals surface area contributed by atoms with Crippen molar-refractivity contribution >= 4 is 28.4 Å². The van der Waals surface area contributed by atoms with Crippen molar-refractivity contribution in [3.63, 3.8) is 0 Å². The van der Waals surface area contributed by atoms with Gasteiger partial charge in [-0.05, 0) is 36.5 Å². The molecule has 1 saturated heterocycles. The van der Waals surface area contributed by atoms with E-state index in [1.165, 1.54) is 5.56 Å². The van der Waals surface area contributed by atoms with Gasteiger partial charge in [0.1, 0.15) is 0 Å². The number of aromatic nitrogens is 1. The number of rotatable bonds is 7. The molecule has 1 aliphatic rings. The molecule has 1 fully saturated rings. The number of cyclic esters (lactones) is 1. The SMILES string of the molecule is O=C(Cc1c[nH]c2ccccc12)C1C(=O)OC(CCCc2ccccc2)C1=O. The zero-order valence-corrected chi connectivity index (χ0v) is 15.4. The van der Waals surface area contributed by atoms with Crippen molar-refractivity contribution in [1.82, 2.24) is 4.98 Å². The van der Waals surface area contributed by atoms with Crippen LogP contribution < -0.4 is 0 Å². The van der Waals surface area contributed by atoms with Gasteiger partial charge in [0.25, 0.3) is 0 Å². The van der Waals surface area contributed by atoms with Crippen LogP contribution in [0.25, 0.3) is 10.9 Å². The number of Topliss-reactive ketones (excluding diaryl/α,β-unsaturated/α-hetero) is 2. The van der Waals surface area contributed by atoms with Crippen LogP contribution in [0.3, 0.4) is 0 Å². The summed E-state index contributed by atoms with van der Waals surface area (Å²) in [6.45, 7) is 0. The van der Waals surface area contributed by atoms with E-state index < -0.39 is 29.6 Å². The molecule has 5 nitrogen and oxygen atoms in total. The van der Waals surface area contributed by atoms with Crippen molar-refractivity contribution in [2.75, 3.05) is 0 Å². The molecule has 2 aromatic carbocycles. The Balaban J connectivity index is 1.38. The first-order valence-corrected chi connectivity index (χ1v) is 9.49. The molecule has 0 aliphatic carbocycles. The zero-order valence-electron chi connectivity index (χ0n) is 15.4. The summed E-state index contributed by atoms with van der Waals surface area (Å²) < 4.78 is 5.23. The highest BCUT2D eigenvalue weighted by Gasteiger charge is 2.47. The molecule has 1 N–H and O–H groups in total. The normalized spacial score (nSPS) is 19.1. The Hall–Kier alpha value is -3.21. The molecule has 0 spiro atoms. The average molecular weight is 375 g/mol. The topological polar surface area (TPSA) is 76.2 Å². The Morgan fingerprint density at radius 1 is 1.00 bits per heavy atom. The Morgan fingerprint density at radius 2 is 1.75 bits per heavy atom. The van der Waals surface area contributed by atoms with Gasteiger partial charge in [0.15, 0.2) is 23.6 Å². The second kappa shape index (κ2) is 7.80. The van der Waals surface area contributed by atoms with Crippen LogP contribution in [0.5, 0.6) is 0 Å². The van der Waals surface area contributed by atoms with E-state index in [-0.39, 0.29) is 6.42 Å². The first-order valence-electron chi connectivity index (χ1n) is 9.49. The number of carbonyl (C=O) groups excluding carboxylic acids is 3. The summed E-state index contributed by atoms with van der Waals surface area (Å²) in [5.41, 5.74) is 2.88. The molecule has 28 heavy (non-hydrogen) atoms. The first-order chi connectivity index (χ1) is 13.6. The lowest BCUT2D eigenvalue weighted by molar-refractivity contribution is -0.146. The van der Waals surface area contributed by atoms with Crippen LogP contribution in [0.2, 0.25) is 0 Å². The molecule has 5 heteroatoms. The standard InChI is InChI=1S/C23H21NO4/c25-19(13-16-14-24-18-11-5-4-10-17(16)18)21-22(26)20(28-23(21)27)12-6-9-15-7-2-1-3-8-15/h1-5,7-8,10-11,14,20-21,24H,6,9,12-13H2. The minimum absolute atomic E-state index is 0.0340. The molecule has 1 aromatic heterocycles. The van der Waals surface area contributed by atoms with Crippen LogP contribution >= 0.6 is 0 Å². The number of nitrogens with one attached hydrogen (secondary N) is 1. The van der Waals surface area contributed by atoms with Crippen LogP contribution in [-0.4, -0.2) is 28.6 Å². The van der Waals surface area contributed by atoms with Crippen molar-refractivity contribution in [3.05, 3.63) is 71.9 Å². The number of benzene rings is 2. The second-order valence-electron chi connectivity index (χ2n) is 7.14. The van der Waals surface area contributed by atoms with E-state index in [4.69, 9.17) is 4.74 Å². The first kappa shape index (κ1) is 18.2. The smallest absolute Gasteiger partial charge is 0.325 e. The summed E-state index contributed by atoms with van der Waals surface area (Å²) in [7, 11) is 0. The van der Waals surface area contributed by atoms with Crippen LogP contribution in [0.1, 0.15) is 24.0 Å². The number of aryl methyl sites for hydroxylation is 1. The highest BCUT2D eigenvalue weighted by Crippen LogP contribution is 2.25. The Labute approximate surface area is 162 Å². The largest absolute Gasteiger partial charge is 0.453 e. The van der Waals surface area contributed by atoms with E-state index in [9.17, 15) is 14.4 Å². The van der Waals surface area contributed by atoms with Gasteiger partial charge >= 0.3 is 5.97 Å². The van der Waals surface area contributed by atoms with Crippen molar-refractivity contribution in [1.29, 1.82) is 0 Å². The number of para-hydroxylation sites is 1. The summed E-state index contributed by atoms with van der Waals surface area (Å²) in [6.07, 6.45) is 2.94. The molecular weight excluding hydrogens is 354 g/mol. The van der Waals surface area contributed by atoms with Gasteiger partial charge in [-0.3, -0.25) is 14.4 Å². The highest BCUT2D eigenvalue weighted by atomic mass is 16.6. The summed E-state index contributed by atoms with van der Waals surface area (Å²) in [6, 6.07) is 17.6. The Morgan fingerprint density at radius 3 is 2.57 bits per heavy atom. The molecule has 2 atom stereocenters. The molecule has 0 saturated carbocycles. The van der Waals surface area contributed by atoms with Gasteiger partial charge in [-0.2, -0.15) is 0 Å². The number of H-pyrrole nitrogens is 1. The van der Waals surface area contributed by atoms with Crippen molar-refractivity contribution < 1.29 is 19.1 Å². The van der Waals surface area contributed by atoms with E-state index in [0.717, 1.165) is 29.3 Å². The Bertz CT molecular complexity index is 1020. The van der Waals surface area contributed by atoms with Crippen molar-refractivity contribution in [2.45, 2.75) is 31.8 Å². The van der Waals surface area contributed by atoms with E-state index in [2.05, 4.69) is 4.98 Å². The molecule has 0 radical (unpaired) electrons.